The van der Waals surface area contributed by atoms with Crippen LogP contribution in [0.15, 0.2) is 24.3 Å². The van der Waals surface area contributed by atoms with Gasteiger partial charge in [0.05, 0.1) is 13.2 Å². The van der Waals surface area contributed by atoms with Crippen LogP contribution in [0.5, 0.6) is 0 Å². The van der Waals surface area contributed by atoms with Crippen molar-refractivity contribution in [2.24, 2.45) is 0 Å². The molecular formula is C11H15ClN2O. The summed E-state index contributed by atoms with van der Waals surface area (Å²) in [5.41, 5.74) is 1.09. The van der Waals surface area contributed by atoms with Crippen LogP contribution in [0.3, 0.4) is 0 Å². The van der Waals surface area contributed by atoms with E-state index in [-0.39, 0.29) is 0 Å². The Morgan fingerprint density at radius 3 is 2.87 bits per heavy atom. The van der Waals surface area contributed by atoms with E-state index < -0.39 is 0 Å². The molecule has 0 aromatic heterocycles. The first kappa shape index (κ1) is 10.7. The molecule has 2 rings (SSSR count). The summed E-state index contributed by atoms with van der Waals surface area (Å²) in [5, 5.41) is 7.49. The van der Waals surface area contributed by atoms with Crippen molar-refractivity contribution in [3.63, 3.8) is 0 Å². The Labute approximate surface area is 94.8 Å². The molecule has 1 saturated heterocycles. The average Bonchev–Trinajstić information content (AvgIpc) is 2.30. The van der Waals surface area contributed by atoms with E-state index in [1.165, 1.54) is 0 Å². The van der Waals surface area contributed by atoms with E-state index in [0.717, 1.165) is 37.0 Å². The first-order valence-corrected chi connectivity index (χ1v) is 5.53. The fourth-order valence-corrected chi connectivity index (χ4v) is 1.69. The summed E-state index contributed by atoms with van der Waals surface area (Å²) < 4.78 is 5.37. The van der Waals surface area contributed by atoms with E-state index >= 15 is 0 Å². The number of benzene rings is 1. The van der Waals surface area contributed by atoms with E-state index in [0.29, 0.717) is 6.04 Å². The van der Waals surface area contributed by atoms with Gasteiger partial charge in [-0.1, -0.05) is 11.6 Å². The van der Waals surface area contributed by atoms with Gasteiger partial charge >= 0.3 is 0 Å². The smallest absolute Gasteiger partial charge is 0.0637 e. The summed E-state index contributed by atoms with van der Waals surface area (Å²) in [7, 11) is 0. The minimum absolute atomic E-state index is 0.398. The summed E-state index contributed by atoms with van der Waals surface area (Å²) in [5.74, 6) is 0. The van der Waals surface area contributed by atoms with Crippen molar-refractivity contribution in [2.75, 3.05) is 31.6 Å². The van der Waals surface area contributed by atoms with Crippen molar-refractivity contribution in [1.82, 2.24) is 5.32 Å². The minimum atomic E-state index is 0.398. The highest BCUT2D eigenvalue weighted by Gasteiger charge is 2.11. The third kappa shape index (κ3) is 3.38. The third-order valence-corrected chi connectivity index (χ3v) is 2.65. The van der Waals surface area contributed by atoms with Gasteiger partial charge < -0.3 is 15.4 Å². The van der Waals surface area contributed by atoms with Crippen LogP contribution in [0, 0.1) is 0 Å². The van der Waals surface area contributed by atoms with Gasteiger partial charge in [0.1, 0.15) is 0 Å². The molecule has 1 aliphatic rings. The lowest BCUT2D eigenvalue weighted by molar-refractivity contribution is 0.0806. The molecule has 1 heterocycles. The van der Waals surface area contributed by atoms with Crippen LogP contribution in [-0.2, 0) is 4.74 Å². The fourth-order valence-electron chi connectivity index (χ4n) is 1.56. The summed E-state index contributed by atoms with van der Waals surface area (Å²) in [6.07, 6.45) is 0. The molecule has 1 unspecified atom stereocenters. The molecule has 0 bridgehead atoms. The number of morpholine rings is 1. The molecule has 0 saturated carbocycles. The molecule has 2 N–H and O–H groups in total. The lowest BCUT2D eigenvalue weighted by Crippen LogP contribution is -2.45. The zero-order chi connectivity index (χ0) is 10.5. The molecule has 3 nitrogen and oxygen atoms in total. The van der Waals surface area contributed by atoms with Crippen molar-refractivity contribution in [3.8, 4) is 0 Å². The fraction of sp³-hybridized carbons (Fsp3) is 0.455. The molecule has 0 spiro atoms. The topological polar surface area (TPSA) is 33.3 Å². The molecule has 4 heteroatoms. The van der Waals surface area contributed by atoms with Crippen LogP contribution in [0.1, 0.15) is 0 Å². The van der Waals surface area contributed by atoms with Crippen molar-refractivity contribution in [3.05, 3.63) is 29.3 Å². The van der Waals surface area contributed by atoms with Crippen LogP contribution in [0.2, 0.25) is 5.02 Å². The van der Waals surface area contributed by atoms with E-state index in [2.05, 4.69) is 10.6 Å². The van der Waals surface area contributed by atoms with E-state index in [9.17, 15) is 0 Å². The first-order chi connectivity index (χ1) is 7.34. The van der Waals surface area contributed by atoms with Crippen molar-refractivity contribution in [1.29, 1.82) is 0 Å². The number of anilines is 1. The number of ether oxygens (including phenoxy) is 1. The van der Waals surface area contributed by atoms with Crippen molar-refractivity contribution in [2.45, 2.75) is 6.04 Å². The molecule has 0 aliphatic carbocycles. The van der Waals surface area contributed by atoms with Gasteiger partial charge in [0.15, 0.2) is 0 Å². The summed E-state index contributed by atoms with van der Waals surface area (Å²) in [4.78, 5) is 0. The molecule has 1 fully saturated rings. The highest BCUT2D eigenvalue weighted by atomic mass is 35.5. The summed E-state index contributed by atoms with van der Waals surface area (Å²) in [6.45, 7) is 3.41. The van der Waals surface area contributed by atoms with Gasteiger partial charge in [-0.05, 0) is 24.3 Å². The predicted octanol–water partition coefficient (Wildman–Crippen LogP) is 1.74. The molecule has 1 atom stereocenters. The Bertz CT molecular complexity index is 296. The second-order valence-electron chi connectivity index (χ2n) is 3.61. The monoisotopic (exact) mass is 226 g/mol. The van der Waals surface area contributed by atoms with Gasteiger partial charge in [0.2, 0.25) is 0 Å². The van der Waals surface area contributed by atoms with E-state index in [4.69, 9.17) is 16.3 Å². The number of nitrogens with one attached hydrogen (secondary N) is 2. The Kier molecular flexibility index (Phi) is 3.83. The predicted molar refractivity (Wildman–Crippen MR) is 62.6 cm³/mol. The Balaban J connectivity index is 1.79. The van der Waals surface area contributed by atoms with Gasteiger partial charge in [0.25, 0.3) is 0 Å². The van der Waals surface area contributed by atoms with Gasteiger partial charge in [-0.15, -0.1) is 0 Å². The van der Waals surface area contributed by atoms with Crippen molar-refractivity contribution < 1.29 is 4.74 Å². The second kappa shape index (κ2) is 5.35. The lowest BCUT2D eigenvalue weighted by Gasteiger charge is -2.24. The van der Waals surface area contributed by atoms with Crippen LogP contribution in [0.4, 0.5) is 5.69 Å². The molecule has 0 radical (unpaired) electrons. The van der Waals surface area contributed by atoms with Crippen LogP contribution < -0.4 is 10.6 Å². The van der Waals surface area contributed by atoms with Gasteiger partial charge in [-0.2, -0.15) is 0 Å². The quantitative estimate of drug-likeness (QED) is 0.824. The summed E-state index contributed by atoms with van der Waals surface area (Å²) in [6, 6.07) is 8.12. The maximum absolute atomic E-state index is 5.80. The minimum Gasteiger partial charge on any atom is -0.383 e. The van der Waals surface area contributed by atoms with Gasteiger partial charge in [-0.25, -0.2) is 0 Å². The zero-order valence-corrected chi connectivity index (χ0v) is 9.26. The highest BCUT2D eigenvalue weighted by molar-refractivity contribution is 6.30. The number of hydrogen-bond acceptors (Lipinski definition) is 3. The molecule has 1 aromatic carbocycles. The molecule has 15 heavy (non-hydrogen) atoms. The Hall–Kier alpha value is -0.770. The molecule has 1 aliphatic heterocycles. The standard InChI is InChI=1S/C11H15ClN2O/c12-9-1-3-10(4-2-9)14-7-11-8-15-6-5-13-11/h1-4,11,13-14H,5-8H2. The second-order valence-corrected chi connectivity index (χ2v) is 4.05. The maximum atomic E-state index is 5.80. The molecule has 82 valence electrons. The van der Waals surface area contributed by atoms with Crippen LogP contribution in [-0.4, -0.2) is 32.3 Å². The zero-order valence-electron chi connectivity index (χ0n) is 8.50. The van der Waals surface area contributed by atoms with E-state index in [1.807, 2.05) is 24.3 Å². The van der Waals surface area contributed by atoms with Gasteiger partial charge in [0, 0.05) is 29.8 Å². The maximum Gasteiger partial charge on any atom is 0.0637 e. The summed E-state index contributed by atoms with van der Waals surface area (Å²) >= 11 is 5.80. The highest BCUT2D eigenvalue weighted by Crippen LogP contribution is 2.13. The number of hydrogen-bond donors (Lipinski definition) is 2. The number of halogens is 1. The Morgan fingerprint density at radius 1 is 1.40 bits per heavy atom. The average molecular weight is 227 g/mol. The van der Waals surface area contributed by atoms with Gasteiger partial charge in [-0.3, -0.25) is 0 Å². The molecular weight excluding hydrogens is 212 g/mol. The SMILES string of the molecule is Clc1ccc(NCC2COCCN2)cc1. The third-order valence-electron chi connectivity index (χ3n) is 2.40. The Morgan fingerprint density at radius 2 is 2.20 bits per heavy atom. The normalized spacial score (nSPS) is 21.3. The molecule has 0 amide bonds. The number of rotatable bonds is 3. The largest absolute Gasteiger partial charge is 0.383 e. The molecule has 1 aromatic rings. The van der Waals surface area contributed by atoms with Crippen LogP contribution >= 0.6 is 11.6 Å². The van der Waals surface area contributed by atoms with E-state index in [1.54, 1.807) is 0 Å². The lowest BCUT2D eigenvalue weighted by atomic mass is 10.2. The van der Waals surface area contributed by atoms with Crippen LogP contribution in [0.25, 0.3) is 0 Å². The first-order valence-electron chi connectivity index (χ1n) is 5.15. The van der Waals surface area contributed by atoms with Crippen molar-refractivity contribution >= 4 is 17.3 Å².